The van der Waals surface area contributed by atoms with E-state index < -0.39 is 6.43 Å². The topological polar surface area (TPSA) is 29.3 Å². The molecule has 0 amide bonds. The maximum absolute atomic E-state index is 12.6. The van der Waals surface area contributed by atoms with E-state index in [9.17, 15) is 8.78 Å². The van der Waals surface area contributed by atoms with Crippen LogP contribution >= 0.6 is 0 Å². The Kier molecular flexibility index (Phi) is 5.62. The van der Waals surface area contributed by atoms with Crippen molar-refractivity contribution < 1.29 is 8.78 Å². The van der Waals surface area contributed by atoms with E-state index in [2.05, 4.69) is 0 Å². The van der Waals surface area contributed by atoms with Gasteiger partial charge in [-0.1, -0.05) is 26.2 Å². The quantitative estimate of drug-likeness (QED) is 0.765. The first kappa shape index (κ1) is 13.8. The molecule has 1 fully saturated rings. The van der Waals surface area contributed by atoms with Crippen molar-refractivity contribution in [3.8, 4) is 0 Å². The average Bonchev–Trinajstić information content (AvgIpc) is 2.29. The number of hydrogen-bond donors (Lipinski definition) is 1. The summed E-state index contributed by atoms with van der Waals surface area (Å²) in [5, 5.41) is 0. The Bertz CT molecular complexity index is 191. The predicted octanol–water partition coefficient (Wildman–Crippen LogP) is 2.63. The van der Waals surface area contributed by atoms with Crippen LogP contribution in [-0.4, -0.2) is 36.5 Å². The van der Waals surface area contributed by atoms with Crippen LogP contribution in [0, 0.1) is 0 Å². The molecule has 1 rings (SSSR count). The van der Waals surface area contributed by atoms with Crippen LogP contribution in [0.3, 0.4) is 0 Å². The number of rotatable bonds is 6. The number of nitrogens with zero attached hydrogens (tertiary/aromatic N) is 1. The zero-order chi connectivity index (χ0) is 12.0. The molecule has 0 atom stereocenters. The fraction of sp³-hybridized carbons (Fsp3) is 1.00. The van der Waals surface area contributed by atoms with Gasteiger partial charge in [-0.25, -0.2) is 8.78 Å². The molecule has 1 aliphatic rings. The number of alkyl halides is 2. The van der Waals surface area contributed by atoms with E-state index in [1.54, 1.807) is 0 Å². The zero-order valence-corrected chi connectivity index (χ0v) is 10.2. The monoisotopic (exact) mass is 234 g/mol. The molecule has 2 N–H and O–H groups in total. The van der Waals surface area contributed by atoms with E-state index in [0.717, 1.165) is 38.6 Å². The number of hydrogen-bond acceptors (Lipinski definition) is 2. The summed E-state index contributed by atoms with van der Waals surface area (Å²) in [5.74, 6) is 0. The molecular weight excluding hydrogens is 210 g/mol. The molecule has 0 aromatic rings. The Morgan fingerprint density at radius 1 is 1.25 bits per heavy atom. The van der Waals surface area contributed by atoms with E-state index in [1.165, 1.54) is 6.42 Å². The van der Waals surface area contributed by atoms with Gasteiger partial charge in [0.05, 0.1) is 6.54 Å². The Morgan fingerprint density at radius 2 is 1.88 bits per heavy atom. The van der Waals surface area contributed by atoms with E-state index >= 15 is 0 Å². The fourth-order valence-electron chi connectivity index (χ4n) is 2.82. The first-order valence-electron chi connectivity index (χ1n) is 6.38. The second-order valence-electron chi connectivity index (χ2n) is 4.83. The molecule has 0 unspecified atom stereocenters. The lowest BCUT2D eigenvalue weighted by Crippen LogP contribution is -2.56. The average molecular weight is 234 g/mol. The van der Waals surface area contributed by atoms with Gasteiger partial charge in [-0.3, -0.25) is 4.90 Å². The van der Waals surface area contributed by atoms with Crippen molar-refractivity contribution in [2.45, 2.75) is 57.4 Å². The van der Waals surface area contributed by atoms with Gasteiger partial charge in [-0.2, -0.15) is 0 Å². The van der Waals surface area contributed by atoms with E-state index in [4.69, 9.17) is 5.73 Å². The highest BCUT2D eigenvalue weighted by Gasteiger charge is 2.37. The van der Waals surface area contributed by atoms with E-state index in [0.29, 0.717) is 6.54 Å². The summed E-state index contributed by atoms with van der Waals surface area (Å²) in [5.41, 5.74) is 5.71. The highest BCUT2D eigenvalue weighted by atomic mass is 19.3. The summed E-state index contributed by atoms with van der Waals surface area (Å²) in [4.78, 5) is 1.94. The summed E-state index contributed by atoms with van der Waals surface area (Å²) < 4.78 is 25.2. The Labute approximate surface area is 97.2 Å². The van der Waals surface area contributed by atoms with Crippen LogP contribution in [0.25, 0.3) is 0 Å². The number of halogens is 2. The van der Waals surface area contributed by atoms with Crippen molar-refractivity contribution >= 4 is 0 Å². The summed E-state index contributed by atoms with van der Waals surface area (Å²) in [6.45, 7) is 3.16. The molecular formula is C12H24F2N2. The van der Waals surface area contributed by atoms with Gasteiger partial charge in [0.2, 0.25) is 0 Å². The van der Waals surface area contributed by atoms with Gasteiger partial charge in [0.1, 0.15) is 0 Å². The standard InChI is InChI=1S/C12H24F2N2/c1-2-8-16(9-11(13)14)12(10-15)6-4-3-5-7-12/h11H,2-10,15H2,1H3. The minimum absolute atomic E-state index is 0.120. The van der Waals surface area contributed by atoms with Crippen molar-refractivity contribution in [1.29, 1.82) is 0 Å². The lowest BCUT2D eigenvalue weighted by Gasteiger charge is -2.46. The molecule has 0 saturated heterocycles. The molecule has 0 aromatic carbocycles. The second-order valence-corrected chi connectivity index (χ2v) is 4.83. The van der Waals surface area contributed by atoms with Gasteiger partial charge in [-0.15, -0.1) is 0 Å². The highest BCUT2D eigenvalue weighted by Crippen LogP contribution is 2.33. The zero-order valence-electron chi connectivity index (χ0n) is 10.2. The van der Waals surface area contributed by atoms with Crippen LogP contribution in [0.15, 0.2) is 0 Å². The van der Waals surface area contributed by atoms with Crippen molar-refractivity contribution in [3.05, 3.63) is 0 Å². The van der Waals surface area contributed by atoms with Gasteiger partial charge in [0.25, 0.3) is 6.43 Å². The summed E-state index contributed by atoms with van der Waals surface area (Å²) in [6.07, 6.45) is 4.09. The lowest BCUT2D eigenvalue weighted by atomic mass is 9.80. The molecule has 96 valence electrons. The number of nitrogens with two attached hydrogens (primary N) is 1. The molecule has 1 saturated carbocycles. The Hall–Kier alpha value is -0.220. The molecule has 0 heterocycles. The van der Waals surface area contributed by atoms with E-state index in [1.807, 2.05) is 11.8 Å². The van der Waals surface area contributed by atoms with Crippen LogP contribution in [-0.2, 0) is 0 Å². The molecule has 1 aliphatic carbocycles. The molecule has 2 nitrogen and oxygen atoms in total. The second kappa shape index (κ2) is 6.50. The highest BCUT2D eigenvalue weighted by molar-refractivity contribution is 4.94. The van der Waals surface area contributed by atoms with Crippen LogP contribution in [0.1, 0.15) is 45.4 Å². The van der Waals surface area contributed by atoms with Gasteiger partial charge in [-0.05, 0) is 25.8 Å². The predicted molar refractivity (Wildman–Crippen MR) is 62.7 cm³/mol. The molecule has 0 aliphatic heterocycles. The molecule has 0 aromatic heterocycles. The molecule has 4 heteroatoms. The van der Waals surface area contributed by atoms with Crippen LogP contribution in [0.5, 0.6) is 0 Å². The summed E-state index contributed by atoms with van der Waals surface area (Å²) in [6, 6.07) is 0. The maximum Gasteiger partial charge on any atom is 0.251 e. The first-order chi connectivity index (χ1) is 7.64. The van der Waals surface area contributed by atoms with Crippen LogP contribution in [0.4, 0.5) is 8.78 Å². The molecule has 0 bridgehead atoms. The Balaban J connectivity index is 2.70. The maximum atomic E-state index is 12.6. The van der Waals surface area contributed by atoms with Gasteiger partial charge >= 0.3 is 0 Å². The first-order valence-corrected chi connectivity index (χ1v) is 6.38. The Morgan fingerprint density at radius 3 is 2.31 bits per heavy atom. The molecule has 16 heavy (non-hydrogen) atoms. The third kappa shape index (κ3) is 3.39. The van der Waals surface area contributed by atoms with Gasteiger partial charge in [0, 0.05) is 12.1 Å². The largest absolute Gasteiger partial charge is 0.329 e. The van der Waals surface area contributed by atoms with Gasteiger partial charge in [0.15, 0.2) is 0 Å². The summed E-state index contributed by atoms with van der Waals surface area (Å²) >= 11 is 0. The van der Waals surface area contributed by atoms with Crippen molar-refractivity contribution in [1.82, 2.24) is 4.90 Å². The molecule has 0 radical (unpaired) electrons. The molecule has 0 spiro atoms. The smallest absolute Gasteiger partial charge is 0.251 e. The SMILES string of the molecule is CCCN(CC(F)F)C1(CN)CCCCC1. The third-order valence-corrected chi connectivity index (χ3v) is 3.69. The van der Waals surface area contributed by atoms with Crippen molar-refractivity contribution in [2.24, 2.45) is 5.73 Å². The van der Waals surface area contributed by atoms with Crippen LogP contribution in [0.2, 0.25) is 0 Å². The minimum atomic E-state index is -2.25. The fourth-order valence-corrected chi connectivity index (χ4v) is 2.82. The van der Waals surface area contributed by atoms with E-state index in [-0.39, 0.29) is 12.1 Å². The van der Waals surface area contributed by atoms with Crippen molar-refractivity contribution in [3.63, 3.8) is 0 Å². The van der Waals surface area contributed by atoms with Crippen LogP contribution < -0.4 is 5.73 Å². The minimum Gasteiger partial charge on any atom is -0.329 e. The summed E-state index contributed by atoms with van der Waals surface area (Å²) in [7, 11) is 0. The van der Waals surface area contributed by atoms with Gasteiger partial charge < -0.3 is 5.73 Å². The van der Waals surface area contributed by atoms with Crippen molar-refractivity contribution in [2.75, 3.05) is 19.6 Å². The normalized spacial score (nSPS) is 20.6. The lowest BCUT2D eigenvalue weighted by molar-refractivity contribution is 0.00254. The third-order valence-electron chi connectivity index (χ3n) is 3.69.